The molecule has 3 aromatic rings. The van der Waals surface area contributed by atoms with Gasteiger partial charge in [-0.15, -0.1) is 11.3 Å². The Kier molecular flexibility index (Phi) is 3.36. The van der Waals surface area contributed by atoms with Crippen LogP contribution in [0.2, 0.25) is 0 Å². The van der Waals surface area contributed by atoms with Crippen LogP contribution >= 0.6 is 43.2 Å². The zero-order chi connectivity index (χ0) is 12.5. The van der Waals surface area contributed by atoms with Crippen molar-refractivity contribution in [3.05, 3.63) is 44.0 Å². The lowest BCUT2D eigenvalue weighted by Gasteiger charge is -2.06. The number of nitrogens with zero attached hydrogens (tertiary/aromatic N) is 3. The number of fused-ring (bicyclic) bond motifs is 1. The van der Waals surface area contributed by atoms with Crippen LogP contribution in [0.25, 0.3) is 5.65 Å². The van der Waals surface area contributed by atoms with Gasteiger partial charge in [0.15, 0.2) is 11.5 Å². The van der Waals surface area contributed by atoms with Gasteiger partial charge in [0.2, 0.25) is 0 Å². The summed E-state index contributed by atoms with van der Waals surface area (Å²) < 4.78 is 3.82. The normalized spacial score (nSPS) is 11.0. The fourth-order valence-corrected chi connectivity index (χ4v) is 3.43. The molecule has 7 heteroatoms. The number of thiophene rings is 1. The monoisotopic (exact) mass is 386 g/mol. The molecule has 92 valence electrons. The summed E-state index contributed by atoms with van der Waals surface area (Å²) in [6, 6.07) is 2.10. The fraction of sp³-hybridized carbons (Fsp3) is 0.0909. The number of hydrogen-bond acceptors (Lipinski definition) is 4. The molecular formula is C11H8Br2N4S. The molecule has 0 radical (unpaired) electrons. The summed E-state index contributed by atoms with van der Waals surface area (Å²) in [7, 11) is 0. The number of aromatic nitrogens is 3. The molecule has 0 aromatic carbocycles. The second-order valence-corrected chi connectivity index (χ2v) is 6.38. The minimum Gasteiger partial charge on any atom is -0.362 e. The van der Waals surface area contributed by atoms with E-state index in [2.05, 4.69) is 58.6 Å². The number of imidazole rings is 1. The third-order valence-electron chi connectivity index (χ3n) is 2.40. The molecule has 1 N–H and O–H groups in total. The largest absolute Gasteiger partial charge is 0.362 e. The summed E-state index contributed by atoms with van der Waals surface area (Å²) in [6.45, 7) is 0.738. The third-order valence-corrected chi connectivity index (χ3v) is 4.48. The molecule has 0 unspecified atom stereocenters. The zero-order valence-corrected chi connectivity index (χ0v) is 13.1. The number of rotatable bonds is 3. The van der Waals surface area contributed by atoms with E-state index in [1.165, 1.54) is 4.88 Å². The van der Waals surface area contributed by atoms with Gasteiger partial charge in [-0.25, -0.2) is 9.97 Å². The van der Waals surface area contributed by atoms with Gasteiger partial charge in [0.05, 0.1) is 6.54 Å². The molecule has 0 aliphatic carbocycles. The Bertz CT molecular complexity index is 691. The van der Waals surface area contributed by atoms with E-state index in [0.717, 1.165) is 27.1 Å². The van der Waals surface area contributed by atoms with Gasteiger partial charge in [-0.2, -0.15) is 0 Å². The molecule has 0 amide bonds. The van der Waals surface area contributed by atoms with Crippen molar-refractivity contribution in [2.24, 2.45) is 0 Å². The molecule has 0 bridgehead atoms. The van der Waals surface area contributed by atoms with Crippen molar-refractivity contribution in [3.8, 4) is 0 Å². The lowest BCUT2D eigenvalue weighted by molar-refractivity contribution is 1.06. The molecule has 0 aliphatic rings. The molecular weight excluding hydrogens is 380 g/mol. The Hall–Kier alpha value is -0.920. The van der Waals surface area contributed by atoms with E-state index in [1.807, 2.05) is 16.8 Å². The fourth-order valence-electron chi connectivity index (χ4n) is 1.64. The Balaban J connectivity index is 1.87. The van der Waals surface area contributed by atoms with Crippen molar-refractivity contribution >= 4 is 54.7 Å². The average Bonchev–Trinajstić information content (AvgIpc) is 2.94. The van der Waals surface area contributed by atoms with Gasteiger partial charge in [-0.1, -0.05) is 0 Å². The second kappa shape index (κ2) is 4.99. The van der Waals surface area contributed by atoms with E-state index in [1.54, 1.807) is 17.5 Å². The first-order valence-electron chi connectivity index (χ1n) is 5.18. The summed E-state index contributed by atoms with van der Waals surface area (Å²) in [5.74, 6) is 0.777. The van der Waals surface area contributed by atoms with Crippen molar-refractivity contribution in [2.75, 3.05) is 5.32 Å². The molecule has 0 fully saturated rings. The highest BCUT2D eigenvalue weighted by Crippen LogP contribution is 2.22. The van der Waals surface area contributed by atoms with Crippen LogP contribution < -0.4 is 5.32 Å². The van der Waals surface area contributed by atoms with Crippen molar-refractivity contribution in [2.45, 2.75) is 6.54 Å². The van der Waals surface area contributed by atoms with Crippen LogP contribution in [0, 0.1) is 0 Å². The zero-order valence-electron chi connectivity index (χ0n) is 9.10. The summed E-state index contributed by atoms with van der Waals surface area (Å²) >= 11 is 8.54. The van der Waals surface area contributed by atoms with Crippen LogP contribution in [-0.4, -0.2) is 14.4 Å². The second-order valence-electron chi connectivity index (χ2n) is 3.66. The van der Waals surface area contributed by atoms with E-state index in [-0.39, 0.29) is 0 Å². The Morgan fingerprint density at radius 3 is 3.06 bits per heavy atom. The maximum absolute atomic E-state index is 4.41. The van der Waals surface area contributed by atoms with Crippen LogP contribution in [0.1, 0.15) is 4.88 Å². The highest BCUT2D eigenvalue weighted by Gasteiger charge is 2.06. The van der Waals surface area contributed by atoms with E-state index in [9.17, 15) is 0 Å². The predicted molar refractivity (Wildman–Crippen MR) is 80.0 cm³/mol. The number of anilines is 1. The molecule has 3 rings (SSSR count). The standard InChI is InChI=1S/C11H8Br2N4S/c12-7-3-8(18-6-7)4-15-10-11-14-1-2-17(11)5-9(13)16-10/h1-3,5-6H,4H2,(H,15,16). The first-order valence-corrected chi connectivity index (χ1v) is 7.65. The number of nitrogens with one attached hydrogen (secondary N) is 1. The summed E-state index contributed by atoms with van der Waals surface area (Å²) in [6.07, 6.45) is 5.54. The van der Waals surface area contributed by atoms with E-state index < -0.39 is 0 Å². The van der Waals surface area contributed by atoms with Gasteiger partial charge >= 0.3 is 0 Å². The van der Waals surface area contributed by atoms with Crippen molar-refractivity contribution in [3.63, 3.8) is 0 Å². The van der Waals surface area contributed by atoms with Crippen LogP contribution in [0.5, 0.6) is 0 Å². The predicted octanol–water partition coefficient (Wildman–Crippen LogP) is 3.93. The van der Waals surface area contributed by atoms with Crippen LogP contribution in [0.4, 0.5) is 5.82 Å². The van der Waals surface area contributed by atoms with Gasteiger partial charge in [-0.05, 0) is 37.9 Å². The van der Waals surface area contributed by atoms with Gasteiger partial charge < -0.3 is 9.72 Å². The van der Waals surface area contributed by atoms with Crippen molar-refractivity contribution < 1.29 is 0 Å². The molecule has 0 spiro atoms. The summed E-state index contributed by atoms with van der Waals surface area (Å²) in [4.78, 5) is 9.94. The van der Waals surface area contributed by atoms with Crippen LogP contribution in [0.3, 0.4) is 0 Å². The molecule has 0 saturated heterocycles. The molecule has 3 aromatic heterocycles. The van der Waals surface area contributed by atoms with E-state index in [0.29, 0.717) is 0 Å². The van der Waals surface area contributed by atoms with Crippen molar-refractivity contribution in [1.29, 1.82) is 0 Å². The Labute approximate surface area is 124 Å². The van der Waals surface area contributed by atoms with E-state index in [4.69, 9.17) is 0 Å². The molecule has 0 saturated carbocycles. The van der Waals surface area contributed by atoms with E-state index >= 15 is 0 Å². The topological polar surface area (TPSA) is 42.2 Å². The van der Waals surface area contributed by atoms with Gasteiger partial charge in [0.25, 0.3) is 0 Å². The maximum atomic E-state index is 4.41. The van der Waals surface area contributed by atoms with Gasteiger partial charge in [-0.3, -0.25) is 0 Å². The quantitative estimate of drug-likeness (QED) is 0.740. The maximum Gasteiger partial charge on any atom is 0.180 e. The average molecular weight is 388 g/mol. The lowest BCUT2D eigenvalue weighted by Crippen LogP contribution is -2.03. The molecule has 0 aliphatic heterocycles. The lowest BCUT2D eigenvalue weighted by atomic mass is 10.4. The summed E-state index contributed by atoms with van der Waals surface area (Å²) in [5, 5.41) is 5.38. The van der Waals surface area contributed by atoms with Gasteiger partial charge in [0, 0.05) is 33.3 Å². The SMILES string of the molecule is Brc1csc(CNc2nc(Br)cn3ccnc23)c1. The minimum absolute atomic E-state index is 0.738. The highest BCUT2D eigenvalue weighted by atomic mass is 79.9. The van der Waals surface area contributed by atoms with Crippen molar-refractivity contribution in [1.82, 2.24) is 14.4 Å². The Morgan fingerprint density at radius 2 is 2.28 bits per heavy atom. The summed E-state index contributed by atoms with van der Waals surface area (Å²) in [5.41, 5.74) is 0.828. The molecule has 4 nitrogen and oxygen atoms in total. The minimum atomic E-state index is 0.738. The number of halogens is 2. The third kappa shape index (κ3) is 2.43. The number of hydrogen-bond donors (Lipinski definition) is 1. The van der Waals surface area contributed by atoms with Crippen LogP contribution in [0.15, 0.2) is 39.1 Å². The Morgan fingerprint density at radius 1 is 1.39 bits per heavy atom. The molecule has 3 heterocycles. The molecule has 18 heavy (non-hydrogen) atoms. The first kappa shape index (κ1) is 12.1. The smallest absolute Gasteiger partial charge is 0.180 e. The van der Waals surface area contributed by atoms with Crippen LogP contribution in [-0.2, 0) is 6.54 Å². The molecule has 0 atom stereocenters. The van der Waals surface area contributed by atoms with Gasteiger partial charge in [0.1, 0.15) is 4.60 Å². The first-order chi connectivity index (χ1) is 8.72. The highest BCUT2D eigenvalue weighted by molar-refractivity contribution is 9.10.